The Morgan fingerprint density at radius 1 is 1.21 bits per heavy atom. The minimum Gasteiger partial charge on any atom is -0.350 e. The van der Waals surface area contributed by atoms with E-state index in [0.29, 0.717) is 25.4 Å². The number of aryl methyl sites for hydroxylation is 1. The third kappa shape index (κ3) is 3.75. The predicted octanol–water partition coefficient (Wildman–Crippen LogP) is 3.44. The number of pyridine rings is 1. The molecule has 1 N–H and O–H groups in total. The molecule has 1 aliphatic heterocycles. The number of nitrogens with zero attached hydrogens (tertiary/aromatic N) is 3. The molecule has 1 fully saturated rings. The molecule has 0 aliphatic carbocycles. The van der Waals surface area contributed by atoms with Gasteiger partial charge < -0.3 is 14.6 Å². The van der Waals surface area contributed by atoms with Crippen LogP contribution in [0.2, 0.25) is 0 Å². The van der Waals surface area contributed by atoms with Gasteiger partial charge in [0.05, 0.1) is 12.2 Å². The van der Waals surface area contributed by atoms with Gasteiger partial charge in [0, 0.05) is 24.1 Å². The van der Waals surface area contributed by atoms with Crippen molar-refractivity contribution in [1.82, 2.24) is 14.7 Å². The summed E-state index contributed by atoms with van der Waals surface area (Å²) in [5, 5.41) is 2.89. The van der Waals surface area contributed by atoms with Crippen LogP contribution >= 0.6 is 0 Å². The Bertz CT molecular complexity index is 1050. The number of imidazole rings is 1. The van der Waals surface area contributed by atoms with Gasteiger partial charge >= 0.3 is 0 Å². The van der Waals surface area contributed by atoms with Gasteiger partial charge in [-0.25, -0.2) is 4.98 Å². The van der Waals surface area contributed by atoms with Crippen molar-refractivity contribution in [3.8, 4) is 0 Å². The quantitative estimate of drug-likeness (QED) is 0.679. The zero-order valence-corrected chi connectivity index (χ0v) is 17.1. The first kappa shape index (κ1) is 19.2. The third-order valence-electron chi connectivity index (χ3n) is 5.58. The van der Waals surface area contributed by atoms with Crippen LogP contribution in [0.1, 0.15) is 43.1 Å². The molecule has 150 valence electrons. The SMILES string of the molecule is Cc1cccc2nc(CNC(=O)[C@@H]3CCN(c4ccc(C(C)C)cc4)C3=O)cn12. The van der Waals surface area contributed by atoms with Crippen LogP contribution in [-0.2, 0) is 16.1 Å². The van der Waals surface area contributed by atoms with Gasteiger partial charge in [-0.1, -0.05) is 32.0 Å². The van der Waals surface area contributed by atoms with Gasteiger partial charge in [0.25, 0.3) is 0 Å². The molecule has 4 rings (SSSR count). The summed E-state index contributed by atoms with van der Waals surface area (Å²) in [6.07, 6.45) is 2.45. The Morgan fingerprint density at radius 2 is 1.97 bits per heavy atom. The van der Waals surface area contributed by atoms with E-state index < -0.39 is 5.92 Å². The van der Waals surface area contributed by atoms with Crippen molar-refractivity contribution in [2.45, 2.75) is 39.7 Å². The van der Waals surface area contributed by atoms with Gasteiger partial charge in [-0.15, -0.1) is 0 Å². The maximum atomic E-state index is 12.8. The van der Waals surface area contributed by atoms with E-state index in [4.69, 9.17) is 0 Å². The van der Waals surface area contributed by atoms with Crippen molar-refractivity contribution in [1.29, 1.82) is 0 Å². The summed E-state index contributed by atoms with van der Waals surface area (Å²) in [7, 11) is 0. The molecule has 2 amide bonds. The molecule has 0 radical (unpaired) electrons. The highest BCUT2D eigenvalue weighted by Gasteiger charge is 2.37. The van der Waals surface area contributed by atoms with Crippen molar-refractivity contribution in [2.24, 2.45) is 5.92 Å². The summed E-state index contributed by atoms with van der Waals surface area (Å²) in [6.45, 7) is 7.16. The molecular weight excluding hydrogens is 364 g/mol. The highest BCUT2D eigenvalue weighted by atomic mass is 16.2. The first-order valence-electron chi connectivity index (χ1n) is 10.1. The van der Waals surface area contributed by atoms with Crippen molar-refractivity contribution < 1.29 is 9.59 Å². The fraction of sp³-hybridized carbons (Fsp3) is 0.348. The molecule has 6 heteroatoms. The molecule has 0 bridgehead atoms. The number of anilines is 1. The van der Waals surface area contributed by atoms with Gasteiger partial charge in [-0.05, 0) is 49.1 Å². The van der Waals surface area contributed by atoms with Crippen LogP contribution in [0.15, 0.2) is 48.7 Å². The topological polar surface area (TPSA) is 66.7 Å². The Balaban J connectivity index is 1.40. The van der Waals surface area contributed by atoms with Crippen molar-refractivity contribution in [2.75, 3.05) is 11.4 Å². The Morgan fingerprint density at radius 3 is 2.66 bits per heavy atom. The second kappa shape index (κ2) is 7.70. The minimum absolute atomic E-state index is 0.134. The molecule has 6 nitrogen and oxygen atoms in total. The zero-order chi connectivity index (χ0) is 20.5. The summed E-state index contributed by atoms with van der Waals surface area (Å²) >= 11 is 0. The van der Waals surface area contributed by atoms with Gasteiger partial charge in [-0.3, -0.25) is 9.59 Å². The molecule has 0 spiro atoms. The van der Waals surface area contributed by atoms with Gasteiger partial charge in [0.15, 0.2) is 0 Å². The number of amides is 2. The lowest BCUT2D eigenvalue weighted by Crippen LogP contribution is -2.36. The molecule has 3 aromatic rings. The Hall–Kier alpha value is -3.15. The average Bonchev–Trinajstić information content (AvgIpc) is 3.30. The second-order valence-corrected chi connectivity index (χ2v) is 7.92. The van der Waals surface area contributed by atoms with Gasteiger partial charge in [0.1, 0.15) is 11.6 Å². The predicted molar refractivity (Wildman–Crippen MR) is 113 cm³/mol. The lowest BCUT2D eigenvalue weighted by atomic mass is 10.0. The molecule has 1 aromatic carbocycles. The van der Waals surface area contributed by atoms with E-state index in [1.54, 1.807) is 4.90 Å². The lowest BCUT2D eigenvalue weighted by molar-refractivity contribution is -0.132. The van der Waals surface area contributed by atoms with Crippen LogP contribution in [0.25, 0.3) is 5.65 Å². The van der Waals surface area contributed by atoms with Gasteiger partial charge in [0.2, 0.25) is 11.8 Å². The summed E-state index contributed by atoms with van der Waals surface area (Å²) < 4.78 is 1.99. The molecule has 3 heterocycles. The number of benzene rings is 1. The highest BCUT2D eigenvalue weighted by Crippen LogP contribution is 2.27. The molecule has 2 aromatic heterocycles. The highest BCUT2D eigenvalue weighted by molar-refractivity contribution is 6.09. The van der Waals surface area contributed by atoms with E-state index in [1.165, 1.54) is 5.56 Å². The maximum Gasteiger partial charge on any atom is 0.239 e. The molecule has 1 aliphatic rings. The van der Waals surface area contributed by atoms with E-state index in [0.717, 1.165) is 22.7 Å². The van der Waals surface area contributed by atoms with Crippen LogP contribution in [0.3, 0.4) is 0 Å². The largest absolute Gasteiger partial charge is 0.350 e. The standard InChI is InChI=1S/C23H26N4O2/c1-15(2)17-7-9-19(10-8-17)26-12-11-20(23(26)29)22(28)24-13-18-14-27-16(3)5-4-6-21(27)25-18/h4-10,14-15,20H,11-13H2,1-3H3,(H,24,28)/t20-/m0/s1. The fourth-order valence-electron chi connectivity index (χ4n) is 3.80. The summed E-state index contributed by atoms with van der Waals surface area (Å²) in [5.41, 5.74) is 4.79. The van der Waals surface area contributed by atoms with Crippen LogP contribution < -0.4 is 10.2 Å². The number of carbonyl (C=O) groups is 2. The smallest absolute Gasteiger partial charge is 0.239 e. The number of nitrogens with one attached hydrogen (secondary N) is 1. The van der Waals surface area contributed by atoms with Crippen molar-refractivity contribution >= 4 is 23.1 Å². The lowest BCUT2D eigenvalue weighted by Gasteiger charge is -2.17. The molecule has 1 atom stereocenters. The third-order valence-corrected chi connectivity index (χ3v) is 5.58. The minimum atomic E-state index is -0.640. The summed E-state index contributed by atoms with van der Waals surface area (Å²) in [6, 6.07) is 13.9. The average molecular weight is 390 g/mol. The summed E-state index contributed by atoms with van der Waals surface area (Å²) in [5.74, 6) is -0.561. The van der Waals surface area contributed by atoms with E-state index in [2.05, 4.69) is 24.1 Å². The molecule has 0 saturated carbocycles. The Labute approximate surface area is 170 Å². The summed E-state index contributed by atoms with van der Waals surface area (Å²) in [4.78, 5) is 31.7. The molecule has 1 saturated heterocycles. The first-order chi connectivity index (χ1) is 13.9. The van der Waals surface area contributed by atoms with Crippen LogP contribution in [0, 0.1) is 12.8 Å². The number of hydrogen-bond donors (Lipinski definition) is 1. The monoisotopic (exact) mass is 390 g/mol. The number of carbonyl (C=O) groups excluding carboxylic acids is 2. The van der Waals surface area contributed by atoms with Crippen molar-refractivity contribution in [3.05, 3.63) is 65.6 Å². The van der Waals surface area contributed by atoms with Gasteiger partial charge in [-0.2, -0.15) is 0 Å². The zero-order valence-electron chi connectivity index (χ0n) is 17.1. The van der Waals surface area contributed by atoms with E-state index in [9.17, 15) is 9.59 Å². The number of rotatable bonds is 5. The molecular formula is C23H26N4O2. The fourth-order valence-corrected chi connectivity index (χ4v) is 3.80. The second-order valence-electron chi connectivity index (χ2n) is 7.92. The molecule has 0 unspecified atom stereocenters. The molecule has 29 heavy (non-hydrogen) atoms. The van der Waals surface area contributed by atoms with Crippen molar-refractivity contribution in [3.63, 3.8) is 0 Å². The van der Waals surface area contributed by atoms with Crippen LogP contribution in [-0.4, -0.2) is 27.7 Å². The first-order valence-corrected chi connectivity index (χ1v) is 10.1. The number of hydrogen-bond acceptors (Lipinski definition) is 3. The van der Waals surface area contributed by atoms with Crippen LogP contribution in [0.5, 0.6) is 0 Å². The van der Waals surface area contributed by atoms with E-state index in [1.807, 2.05) is 60.0 Å². The number of aromatic nitrogens is 2. The van der Waals surface area contributed by atoms with Crippen LogP contribution in [0.4, 0.5) is 5.69 Å². The van der Waals surface area contributed by atoms with E-state index in [-0.39, 0.29) is 11.8 Å². The normalized spacial score (nSPS) is 16.8. The van der Waals surface area contributed by atoms with E-state index >= 15 is 0 Å². The maximum absolute atomic E-state index is 12.8. The number of fused-ring (bicyclic) bond motifs is 1. The Kier molecular flexibility index (Phi) is 5.09.